The molecule has 6 aromatic rings. The van der Waals surface area contributed by atoms with Crippen LogP contribution >= 0.6 is 0 Å². The Kier molecular flexibility index (Phi) is 5.93. The van der Waals surface area contributed by atoms with Crippen molar-refractivity contribution in [3.05, 3.63) is 102 Å². The summed E-state index contributed by atoms with van der Waals surface area (Å²) in [7, 11) is 1.85. The zero-order valence-corrected chi connectivity index (χ0v) is 21.2. The number of benzene rings is 2. The summed E-state index contributed by atoms with van der Waals surface area (Å²) in [5, 5.41) is 20.9. The van der Waals surface area contributed by atoms with E-state index in [1.807, 2.05) is 56.6 Å². The van der Waals surface area contributed by atoms with Gasteiger partial charge in [0, 0.05) is 24.8 Å². The first-order chi connectivity index (χ1) is 19.0. The Morgan fingerprint density at radius 1 is 1.05 bits per heavy atom. The van der Waals surface area contributed by atoms with Crippen molar-refractivity contribution in [3.63, 3.8) is 0 Å². The number of carbonyl (C=O) groups is 1. The van der Waals surface area contributed by atoms with Crippen molar-refractivity contribution in [3.8, 4) is 23.0 Å². The summed E-state index contributed by atoms with van der Waals surface area (Å²) in [6, 6.07) is 17.1. The third-order valence-corrected chi connectivity index (χ3v) is 6.39. The summed E-state index contributed by atoms with van der Waals surface area (Å²) in [5.74, 6) is 6.09. The standard InChI is InChI=1S/C29H23N9O/c1-18(34-29(39)27-28(30)35-26-9-6-12-32-38(26)27)22-14-25-24(13-23(22)20-7-4-3-5-8-20)21(16-31-36-25)11-10-19-15-33-37(2)17-19/h3-9,12-18H,30H2,1-2H3,(H,34,39). The average molecular weight is 514 g/mol. The number of imidazole rings is 1. The number of hydrogen-bond acceptors (Lipinski definition) is 7. The van der Waals surface area contributed by atoms with E-state index in [0.29, 0.717) is 11.2 Å². The maximum atomic E-state index is 13.4. The minimum Gasteiger partial charge on any atom is -0.382 e. The van der Waals surface area contributed by atoms with E-state index < -0.39 is 6.04 Å². The lowest BCUT2D eigenvalue weighted by atomic mass is 9.92. The topological polar surface area (TPSA) is 129 Å². The normalized spacial score (nSPS) is 11.7. The Balaban J connectivity index is 1.43. The molecule has 3 N–H and O–H groups in total. The van der Waals surface area contributed by atoms with Crippen LogP contribution in [-0.4, -0.2) is 40.5 Å². The molecule has 6 rings (SSSR count). The predicted octanol–water partition coefficient (Wildman–Crippen LogP) is 3.55. The highest BCUT2D eigenvalue weighted by atomic mass is 16.2. The number of fused-ring (bicyclic) bond motifs is 2. The summed E-state index contributed by atoms with van der Waals surface area (Å²) in [6.45, 7) is 1.91. The maximum absolute atomic E-state index is 13.4. The van der Waals surface area contributed by atoms with Gasteiger partial charge < -0.3 is 11.1 Å². The van der Waals surface area contributed by atoms with Gasteiger partial charge in [0.2, 0.25) is 0 Å². The van der Waals surface area contributed by atoms with E-state index in [9.17, 15) is 4.79 Å². The lowest BCUT2D eigenvalue weighted by Gasteiger charge is -2.19. The molecule has 0 aliphatic rings. The Hall–Kier alpha value is -5.56. The molecule has 4 aromatic heterocycles. The molecule has 10 heteroatoms. The maximum Gasteiger partial charge on any atom is 0.274 e. The first kappa shape index (κ1) is 23.8. The van der Waals surface area contributed by atoms with Crippen LogP contribution in [-0.2, 0) is 7.05 Å². The van der Waals surface area contributed by atoms with E-state index in [1.165, 1.54) is 4.52 Å². The number of nitrogens with two attached hydrogens (primary N) is 1. The first-order valence-corrected chi connectivity index (χ1v) is 12.2. The fourth-order valence-electron chi connectivity index (χ4n) is 4.53. The monoisotopic (exact) mass is 513 g/mol. The van der Waals surface area contributed by atoms with Crippen LogP contribution in [0.3, 0.4) is 0 Å². The van der Waals surface area contributed by atoms with Crippen molar-refractivity contribution in [1.29, 1.82) is 0 Å². The summed E-state index contributed by atoms with van der Waals surface area (Å²) in [4.78, 5) is 17.6. The van der Waals surface area contributed by atoms with E-state index in [2.05, 4.69) is 48.6 Å². The molecule has 1 unspecified atom stereocenters. The SMILES string of the molecule is CC(NC(=O)c1c(N)nc2cccnn12)c1cc2nncc(C#Cc3cnn(C)c3)c2cc1-c1ccccc1. The molecule has 1 atom stereocenters. The minimum atomic E-state index is -0.405. The van der Waals surface area contributed by atoms with E-state index in [0.717, 1.165) is 33.2 Å². The van der Waals surface area contributed by atoms with E-state index in [1.54, 1.807) is 35.4 Å². The number of nitrogens with one attached hydrogen (secondary N) is 1. The van der Waals surface area contributed by atoms with E-state index >= 15 is 0 Å². The summed E-state index contributed by atoms with van der Waals surface area (Å²) in [6.07, 6.45) is 6.81. The second kappa shape index (κ2) is 9.72. The highest BCUT2D eigenvalue weighted by molar-refractivity contribution is 5.98. The fourth-order valence-corrected chi connectivity index (χ4v) is 4.53. The van der Waals surface area contributed by atoms with Crippen LogP contribution < -0.4 is 11.1 Å². The zero-order chi connectivity index (χ0) is 26.9. The van der Waals surface area contributed by atoms with Gasteiger partial charge in [-0.2, -0.15) is 20.4 Å². The summed E-state index contributed by atoms with van der Waals surface area (Å²) in [5.41, 5.74) is 11.8. The van der Waals surface area contributed by atoms with Crippen molar-refractivity contribution >= 4 is 28.3 Å². The van der Waals surface area contributed by atoms with Crippen LogP contribution in [0.15, 0.2) is 79.4 Å². The molecule has 0 spiro atoms. The number of anilines is 1. The van der Waals surface area contributed by atoms with Gasteiger partial charge >= 0.3 is 0 Å². The Labute approximate surface area is 223 Å². The third kappa shape index (κ3) is 4.53. The average Bonchev–Trinajstić information content (AvgIpc) is 3.52. The molecule has 0 fully saturated rings. The second-order valence-electron chi connectivity index (χ2n) is 9.07. The quantitative estimate of drug-likeness (QED) is 0.345. The van der Waals surface area contributed by atoms with Gasteiger partial charge in [-0.05, 0) is 47.9 Å². The Morgan fingerprint density at radius 2 is 1.90 bits per heavy atom. The number of rotatable bonds is 4. The summed E-state index contributed by atoms with van der Waals surface area (Å²) < 4.78 is 3.15. The molecule has 190 valence electrons. The van der Waals surface area contributed by atoms with Gasteiger partial charge in [-0.1, -0.05) is 42.2 Å². The Bertz CT molecular complexity index is 1910. The van der Waals surface area contributed by atoms with E-state index in [4.69, 9.17) is 5.73 Å². The Morgan fingerprint density at radius 3 is 2.69 bits per heavy atom. The lowest BCUT2D eigenvalue weighted by Crippen LogP contribution is -2.29. The molecule has 0 saturated carbocycles. The molecule has 4 heterocycles. The van der Waals surface area contributed by atoms with Crippen molar-refractivity contribution in [2.45, 2.75) is 13.0 Å². The van der Waals surface area contributed by atoms with Crippen molar-refractivity contribution < 1.29 is 4.79 Å². The largest absolute Gasteiger partial charge is 0.382 e. The molecular formula is C29H23N9O. The number of amides is 1. The second-order valence-corrected chi connectivity index (χ2v) is 9.07. The molecule has 2 aromatic carbocycles. The molecule has 0 aliphatic heterocycles. The van der Waals surface area contributed by atoms with Gasteiger partial charge in [-0.25, -0.2) is 9.50 Å². The van der Waals surface area contributed by atoms with Crippen LogP contribution in [0.1, 0.15) is 40.1 Å². The minimum absolute atomic E-state index is 0.114. The van der Waals surface area contributed by atoms with Gasteiger partial charge in [0.1, 0.15) is 0 Å². The smallest absolute Gasteiger partial charge is 0.274 e. The highest BCUT2D eigenvalue weighted by Gasteiger charge is 2.22. The number of aryl methyl sites for hydroxylation is 1. The molecule has 0 saturated heterocycles. The van der Waals surface area contributed by atoms with Gasteiger partial charge in [0.15, 0.2) is 17.2 Å². The molecule has 39 heavy (non-hydrogen) atoms. The van der Waals surface area contributed by atoms with Crippen molar-refractivity contribution in [1.82, 2.24) is 39.9 Å². The van der Waals surface area contributed by atoms with Gasteiger partial charge in [-0.15, -0.1) is 0 Å². The van der Waals surface area contributed by atoms with Crippen LogP contribution in [0.4, 0.5) is 5.82 Å². The molecule has 0 radical (unpaired) electrons. The summed E-state index contributed by atoms with van der Waals surface area (Å²) >= 11 is 0. The number of nitrogens with zero attached hydrogens (tertiary/aromatic N) is 7. The third-order valence-electron chi connectivity index (χ3n) is 6.39. The van der Waals surface area contributed by atoms with E-state index in [-0.39, 0.29) is 17.4 Å². The van der Waals surface area contributed by atoms with Crippen LogP contribution in [0, 0.1) is 11.8 Å². The molecule has 0 bridgehead atoms. The predicted molar refractivity (Wildman–Crippen MR) is 147 cm³/mol. The number of nitrogen functional groups attached to an aromatic ring is 1. The van der Waals surface area contributed by atoms with Crippen LogP contribution in [0.25, 0.3) is 27.7 Å². The number of carbonyl (C=O) groups excluding carboxylic acids is 1. The molecule has 10 nitrogen and oxygen atoms in total. The number of aromatic nitrogens is 7. The molecule has 0 aliphatic carbocycles. The molecular weight excluding hydrogens is 490 g/mol. The fraction of sp³-hybridized carbons (Fsp3) is 0.103. The lowest BCUT2D eigenvalue weighted by molar-refractivity contribution is 0.0934. The highest BCUT2D eigenvalue weighted by Crippen LogP contribution is 2.33. The first-order valence-electron chi connectivity index (χ1n) is 12.2. The van der Waals surface area contributed by atoms with Crippen molar-refractivity contribution in [2.75, 3.05) is 5.73 Å². The number of hydrogen-bond donors (Lipinski definition) is 2. The van der Waals surface area contributed by atoms with Gasteiger partial charge in [0.05, 0.1) is 35.1 Å². The zero-order valence-electron chi connectivity index (χ0n) is 21.2. The van der Waals surface area contributed by atoms with Crippen LogP contribution in [0.5, 0.6) is 0 Å². The van der Waals surface area contributed by atoms with Crippen molar-refractivity contribution in [2.24, 2.45) is 7.05 Å². The molecule has 1 amide bonds. The van der Waals surface area contributed by atoms with Gasteiger partial charge in [-0.3, -0.25) is 9.48 Å². The van der Waals surface area contributed by atoms with Crippen LogP contribution in [0.2, 0.25) is 0 Å². The van der Waals surface area contributed by atoms with Gasteiger partial charge in [0.25, 0.3) is 5.91 Å².